The van der Waals surface area contributed by atoms with Crippen molar-refractivity contribution in [1.29, 1.82) is 0 Å². The zero-order chi connectivity index (χ0) is 14.4. The van der Waals surface area contributed by atoms with Crippen LogP contribution in [0.4, 0.5) is 0 Å². The molecule has 0 spiro atoms. The Balaban J connectivity index is 1.82. The molecule has 106 valence electrons. The van der Waals surface area contributed by atoms with Crippen LogP contribution >= 0.6 is 0 Å². The molecular weight excluding hydrogens is 256 g/mol. The molecule has 0 radical (unpaired) electrons. The van der Waals surface area contributed by atoms with Crippen LogP contribution in [-0.4, -0.2) is 33.6 Å². The van der Waals surface area contributed by atoms with Gasteiger partial charge in [-0.1, -0.05) is 0 Å². The number of rotatable bonds is 4. The number of aromatic nitrogens is 1. The van der Waals surface area contributed by atoms with Crippen molar-refractivity contribution in [2.75, 3.05) is 6.54 Å². The maximum absolute atomic E-state index is 12.4. The SMILES string of the molecule is Cc1cc(C(=O)CN2C(=O)CCC2=O)c(C)n1C1CC1. The van der Waals surface area contributed by atoms with Crippen LogP contribution in [-0.2, 0) is 9.59 Å². The van der Waals surface area contributed by atoms with Crippen LogP contribution in [0.25, 0.3) is 0 Å². The molecule has 1 saturated heterocycles. The van der Waals surface area contributed by atoms with Crippen molar-refractivity contribution in [3.8, 4) is 0 Å². The lowest BCUT2D eigenvalue weighted by Crippen LogP contribution is -2.34. The number of hydrogen-bond acceptors (Lipinski definition) is 3. The van der Waals surface area contributed by atoms with Crippen molar-refractivity contribution < 1.29 is 14.4 Å². The summed E-state index contributed by atoms with van der Waals surface area (Å²) in [6.45, 7) is 3.81. The summed E-state index contributed by atoms with van der Waals surface area (Å²) in [6.07, 6.45) is 2.78. The Bertz CT molecular complexity index is 595. The second-order valence-corrected chi connectivity index (χ2v) is 5.68. The van der Waals surface area contributed by atoms with E-state index in [0.717, 1.165) is 29.1 Å². The number of amides is 2. The maximum atomic E-state index is 12.4. The molecule has 5 heteroatoms. The molecule has 2 fully saturated rings. The summed E-state index contributed by atoms with van der Waals surface area (Å²) in [5.41, 5.74) is 2.67. The number of likely N-dealkylation sites (tertiary alicyclic amines) is 1. The first-order valence-corrected chi connectivity index (χ1v) is 7.04. The second kappa shape index (κ2) is 4.58. The molecule has 1 aromatic heterocycles. The molecule has 5 nitrogen and oxygen atoms in total. The number of nitrogens with zero attached hydrogens (tertiary/aromatic N) is 2. The smallest absolute Gasteiger partial charge is 0.230 e. The van der Waals surface area contributed by atoms with Gasteiger partial charge in [-0.05, 0) is 32.8 Å². The number of aryl methyl sites for hydroxylation is 1. The zero-order valence-corrected chi connectivity index (χ0v) is 11.8. The molecule has 0 unspecified atom stereocenters. The average Bonchev–Trinajstić information content (AvgIpc) is 3.12. The Morgan fingerprint density at radius 2 is 1.80 bits per heavy atom. The predicted octanol–water partition coefficient (Wildman–Crippen LogP) is 1.77. The molecule has 0 bridgehead atoms. The molecule has 2 amide bonds. The van der Waals surface area contributed by atoms with E-state index in [-0.39, 0.29) is 37.0 Å². The summed E-state index contributed by atoms with van der Waals surface area (Å²) in [6, 6.07) is 2.40. The highest BCUT2D eigenvalue weighted by Gasteiger charge is 2.33. The number of carbonyl (C=O) groups excluding carboxylic acids is 3. The van der Waals surface area contributed by atoms with E-state index >= 15 is 0 Å². The molecule has 2 heterocycles. The van der Waals surface area contributed by atoms with Crippen LogP contribution < -0.4 is 0 Å². The first-order valence-electron chi connectivity index (χ1n) is 7.04. The molecule has 2 aliphatic rings. The quantitative estimate of drug-likeness (QED) is 0.621. The first kappa shape index (κ1) is 13.1. The van der Waals surface area contributed by atoms with E-state index in [1.54, 1.807) is 0 Å². The highest BCUT2D eigenvalue weighted by atomic mass is 16.2. The molecular formula is C15H18N2O3. The number of ketones is 1. The lowest BCUT2D eigenvalue weighted by Gasteiger charge is -2.13. The van der Waals surface area contributed by atoms with Crippen molar-refractivity contribution in [1.82, 2.24) is 9.47 Å². The third-order valence-corrected chi connectivity index (χ3v) is 4.15. The number of hydrogen-bond donors (Lipinski definition) is 0. The summed E-state index contributed by atoms with van der Waals surface area (Å²) in [4.78, 5) is 36.6. The van der Waals surface area contributed by atoms with E-state index in [1.807, 2.05) is 19.9 Å². The van der Waals surface area contributed by atoms with Crippen LogP contribution in [0.1, 0.15) is 53.5 Å². The molecule has 1 aromatic rings. The molecule has 0 atom stereocenters. The fourth-order valence-corrected chi connectivity index (χ4v) is 2.98. The van der Waals surface area contributed by atoms with E-state index in [1.165, 1.54) is 0 Å². The molecule has 1 aliphatic carbocycles. The van der Waals surface area contributed by atoms with Gasteiger partial charge in [0.05, 0.1) is 6.54 Å². The Hall–Kier alpha value is -1.91. The van der Waals surface area contributed by atoms with Crippen molar-refractivity contribution in [3.63, 3.8) is 0 Å². The lowest BCUT2D eigenvalue weighted by molar-refractivity contribution is -0.137. The molecule has 3 rings (SSSR count). The Morgan fingerprint density at radius 1 is 1.20 bits per heavy atom. The van der Waals surface area contributed by atoms with E-state index in [4.69, 9.17) is 0 Å². The summed E-state index contributed by atoms with van der Waals surface area (Å²) in [7, 11) is 0. The van der Waals surface area contributed by atoms with Crippen LogP contribution in [0.2, 0.25) is 0 Å². The monoisotopic (exact) mass is 274 g/mol. The van der Waals surface area contributed by atoms with Gasteiger partial charge in [0.1, 0.15) is 0 Å². The van der Waals surface area contributed by atoms with Crippen molar-refractivity contribution in [2.45, 2.75) is 45.6 Å². The summed E-state index contributed by atoms with van der Waals surface area (Å²) in [5.74, 6) is -0.618. The van der Waals surface area contributed by atoms with E-state index in [2.05, 4.69) is 4.57 Å². The summed E-state index contributed by atoms with van der Waals surface area (Å²) >= 11 is 0. The highest BCUT2D eigenvalue weighted by Crippen LogP contribution is 2.38. The van der Waals surface area contributed by atoms with Gasteiger partial charge in [0.25, 0.3) is 0 Å². The molecule has 0 N–H and O–H groups in total. The highest BCUT2D eigenvalue weighted by molar-refractivity contribution is 6.08. The third kappa shape index (κ3) is 2.07. The van der Waals surface area contributed by atoms with E-state index in [9.17, 15) is 14.4 Å². The predicted molar refractivity (Wildman–Crippen MR) is 72.5 cm³/mol. The van der Waals surface area contributed by atoms with Crippen LogP contribution in [0.3, 0.4) is 0 Å². The topological polar surface area (TPSA) is 59.4 Å². The summed E-state index contributed by atoms with van der Waals surface area (Å²) < 4.78 is 2.20. The molecule has 20 heavy (non-hydrogen) atoms. The van der Waals surface area contributed by atoms with Gasteiger partial charge in [-0.25, -0.2) is 0 Å². The number of carbonyl (C=O) groups is 3. The fraction of sp³-hybridized carbons (Fsp3) is 0.533. The van der Waals surface area contributed by atoms with Gasteiger partial charge in [-0.2, -0.15) is 0 Å². The average molecular weight is 274 g/mol. The first-order chi connectivity index (χ1) is 9.49. The maximum Gasteiger partial charge on any atom is 0.230 e. The number of Topliss-reactive ketones (excluding diaryl/α,β-unsaturated/α-hetero) is 1. The molecule has 1 aliphatic heterocycles. The number of imide groups is 1. The Morgan fingerprint density at radius 3 is 2.35 bits per heavy atom. The van der Waals surface area contributed by atoms with Gasteiger partial charge in [0.15, 0.2) is 5.78 Å². The zero-order valence-electron chi connectivity index (χ0n) is 11.8. The van der Waals surface area contributed by atoms with Crippen LogP contribution in [0.15, 0.2) is 6.07 Å². The summed E-state index contributed by atoms with van der Waals surface area (Å²) in [5, 5.41) is 0. The van der Waals surface area contributed by atoms with Gasteiger partial charge in [-0.15, -0.1) is 0 Å². The van der Waals surface area contributed by atoms with Gasteiger partial charge in [-0.3, -0.25) is 19.3 Å². The van der Waals surface area contributed by atoms with Gasteiger partial charge >= 0.3 is 0 Å². The minimum absolute atomic E-state index is 0.118. The second-order valence-electron chi connectivity index (χ2n) is 5.68. The minimum Gasteiger partial charge on any atom is -0.345 e. The van der Waals surface area contributed by atoms with Crippen molar-refractivity contribution in [2.24, 2.45) is 0 Å². The standard InChI is InChI=1S/C15H18N2O3/c1-9-7-12(10(2)17(9)11-3-4-11)13(18)8-16-14(19)5-6-15(16)20/h7,11H,3-6,8H2,1-2H3. The van der Waals surface area contributed by atoms with Crippen LogP contribution in [0, 0.1) is 13.8 Å². The van der Waals surface area contributed by atoms with Gasteiger partial charge in [0, 0.05) is 35.8 Å². The molecule has 0 aromatic carbocycles. The van der Waals surface area contributed by atoms with Crippen LogP contribution in [0.5, 0.6) is 0 Å². The third-order valence-electron chi connectivity index (χ3n) is 4.15. The fourth-order valence-electron chi connectivity index (χ4n) is 2.98. The normalized spacial score (nSPS) is 19.0. The van der Waals surface area contributed by atoms with Crippen molar-refractivity contribution in [3.05, 3.63) is 23.0 Å². The van der Waals surface area contributed by atoms with Gasteiger partial charge < -0.3 is 4.57 Å². The lowest BCUT2D eigenvalue weighted by atomic mass is 10.1. The minimum atomic E-state index is -0.237. The van der Waals surface area contributed by atoms with Gasteiger partial charge in [0.2, 0.25) is 11.8 Å². The van der Waals surface area contributed by atoms with E-state index in [0.29, 0.717) is 11.6 Å². The van der Waals surface area contributed by atoms with Crippen molar-refractivity contribution >= 4 is 17.6 Å². The molecule has 1 saturated carbocycles. The Kier molecular flexibility index (Phi) is 3.00. The Labute approximate surface area is 117 Å². The van der Waals surface area contributed by atoms with E-state index < -0.39 is 0 Å². The largest absolute Gasteiger partial charge is 0.345 e.